The van der Waals surface area contributed by atoms with E-state index in [1.54, 1.807) is 0 Å². The maximum absolute atomic E-state index is 5.21. The third kappa shape index (κ3) is 5.01. The fourth-order valence-corrected chi connectivity index (χ4v) is 1.92. The third-order valence-electron chi connectivity index (χ3n) is 2.20. The van der Waals surface area contributed by atoms with E-state index in [2.05, 4.69) is 52.0 Å². The van der Waals surface area contributed by atoms with Crippen molar-refractivity contribution in [3.63, 3.8) is 0 Å². The van der Waals surface area contributed by atoms with Gasteiger partial charge in [-0.15, -0.1) is 12.3 Å². The number of halogens is 1. The van der Waals surface area contributed by atoms with Crippen LogP contribution in [0.3, 0.4) is 0 Å². The predicted octanol–water partition coefficient (Wildman–Crippen LogP) is 3.29. The van der Waals surface area contributed by atoms with Gasteiger partial charge in [-0.3, -0.25) is 0 Å². The van der Waals surface area contributed by atoms with Crippen LogP contribution in [0.25, 0.3) is 0 Å². The summed E-state index contributed by atoms with van der Waals surface area (Å²) in [5, 5.41) is 0. The molecule has 1 nitrogen and oxygen atoms in total. The molecule has 1 aromatic rings. The molecular weight excluding hydrogens is 250 g/mol. The minimum atomic E-state index is 0.864. The first-order valence-corrected chi connectivity index (χ1v) is 5.88. The van der Waals surface area contributed by atoms with Crippen LogP contribution >= 0.6 is 15.9 Å². The van der Waals surface area contributed by atoms with Crippen LogP contribution in [0, 0.1) is 12.3 Å². The van der Waals surface area contributed by atoms with Crippen molar-refractivity contribution in [3.8, 4) is 12.3 Å². The molecule has 0 atom stereocenters. The van der Waals surface area contributed by atoms with Crippen LogP contribution in [0.4, 0.5) is 0 Å². The summed E-state index contributed by atoms with van der Waals surface area (Å²) in [5.74, 6) is 2.66. The number of unbranched alkanes of at least 4 members (excludes halogenated alkanes) is 1. The molecule has 0 radical (unpaired) electrons. The largest absolute Gasteiger partial charge is 0.302 e. The van der Waals surface area contributed by atoms with Crippen LogP contribution in [0.5, 0.6) is 0 Å². The fourth-order valence-electron chi connectivity index (χ4n) is 1.48. The van der Waals surface area contributed by atoms with E-state index in [0.717, 1.165) is 30.4 Å². The number of hydrogen-bond donors (Lipinski definition) is 0. The smallest absolute Gasteiger partial charge is 0.0231 e. The lowest BCUT2D eigenvalue weighted by atomic mass is 10.2. The standard InChI is InChI=1S/C13H16BrN/c1-3-4-5-9-15(2)11-12-7-6-8-13(14)10-12/h1,6-8,10H,4-5,9,11H2,2H3. The Labute approximate surface area is 101 Å². The molecule has 2 heteroatoms. The lowest BCUT2D eigenvalue weighted by Crippen LogP contribution is -2.18. The maximum atomic E-state index is 5.21. The molecule has 0 heterocycles. The Hall–Kier alpha value is -0.780. The zero-order valence-corrected chi connectivity index (χ0v) is 10.6. The SMILES string of the molecule is C#CCCCN(C)Cc1cccc(Br)c1. The van der Waals surface area contributed by atoms with E-state index < -0.39 is 0 Å². The number of benzene rings is 1. The van der Waals surface area contributed by atoms with Crippen LogP contribution in [-0.2, 0) is 6.54 Å². The molecule has 0 fully saturated rings. The second kappa shape index (κ2) is 6.66. The Kier molecular flexibility index (Phi) is 5.45. The Morgan fingerprint density at radius 1 is 1.47 bits per heavy atom. The Morgan fingerprint density at radius 2 is 2.27 bits per heavy atom. The molecule has 0 unspecified atom stereocenters. The molecule has 0 bridgehead atoms. The van der Waals surface area contributed by atoms with Crippen molar-refractivity contribution in [3.05, 3.63) is 34.3 Å². The van der Waals surface area contributed by atoms with E-state index in [1.165, 1.54) is 5.56 Å². The van der Waals surface area contributed by atoms with Crippen molar-refractivity contribution in [2.75, 3.05) is 13.6 Å². The van der Waals surface area contributed by atoms with Crippen molar-refractivity contribution in [1.82, 2.24) is 4.90 Å². The van der Waals surface area contributed by atoms with E-state index in [-0.39, 0.29) is 0 Å². The number of nitrogens with zero attached hydrogens (tertiary/aromatic N) is 1. The molecule has 0 N–H and O–H groups in total. The highest BCUT2D eigenvalue weighted by molar-refractivity contribution is 9.10. The quantitative estimate of drug-likeness (QED) is 0.584. The summed E-state index contributed by atoms with van der Waals surface area (Å²) >= 11 is 3.47. The van der Waals surface area contributed by atoms with Gasteiger partial charge in [0, 0.05) is 17.4 Å². The molecule has 0 aliphatic carbocycles. The van der Waals surface area contributed by atoms with Gasteiger partial charge in [0.05, 0.1) is 0 Å². The predicted molar refractivity (Wildman–Crippen MR) is 68.5 cm³/mol. The highest BCUT2D eigenvalue weighted by atomic mass is 79.9. The summed E-state index contributed by atoms with van der Waals surface area (Å²) in [5.41, 5.74) is 1.33. The van der Waals surface area contributed by atoms with Crippen LogP contribution in [0.1, 0.15) is 18.4 Å². The van der Waals surface area contributed by atoms with Gasteiger partial charge in [0.15, 0.2) is 0 Å². The zero-order valence-electron chi connectivity index (χ0n) is 9.04. The van der Waals surface area contributed by atoms with Gasteiger partial charge in [-0.25, -0.2) is 0 Å². The van der Waals surface area contributed by atoms with E-state index in [9.17, 15) is 0 Å². The van der Waals surface area contributed by atoms with Gasteiger partial charge in [-0.05, 0) is 37.7 Å². The van der Waals surface area contributed by atoms with Crippen LogP contribution < -0.4 is 0 Å². The Morgan fingerprint density at radius 3 is 2.93 bits per heavy atom. The monoisotopic (exact) mass is 265 g/mol. The number of hydrogen-bond acceptors (Lipinski definition) is 1. The Balaban J connectivity index is 2.38. The molecule has 1 aromatic carbocycles. The van der Waals surface area contributed by atoms with Crippen molar-refractivity contribution in [2.45, 2.75) is 19.4 Å². The average molecular weight is 266 g/mol. The minimum absolute atomic E-state index is 0.864. The van der Waals surface area contributed by atoms with Crippen molar-refractivity contribution < 1.29 is 0 Å². The van der Waals surface area contributed by atoms with Crippen LogP contribution in [-0.4, -0.2) is 18.5 Å². The first kappa shape index (κ1) is 12.3. The van der Waals surface area contributed by atoms with Crippen molar-refractivity contribution in [1.29, 1.82) is 0 Å². The van der Waals surface area contributed by atoms with Crippen molar-refractivity contribution in [2.24, 2.45) is 0 Å². The summed E-state index contributed by atoms with van der Waals surface area (Å²) in [6.07, 6.45) is 7.15. The lowest BCUT2D eigenvalue weighted by molar-refractivity contribution is 0.324. The van der Waals surface area contributed by atoms with Gasteiger partial charge < -0.3 is 4.90 Å². The van der Waals surface area contributed by atoms with Gasteiger partial charge in [0.25, 0.3) is 0 Å². The summed E-state index contributed by atoms with van der Waals surface area (Å²) < 4.78 is 1.14. The summed E-state index contributed by atoms with van der Waals surface area (Å²) in [7, 11) is 2.12. The highest BCUT2D eigenvalue weighted by Gasteiger charge is 1.99. The van der Waals surface area contributed by atoms with Gasteiger partial charge in [-0.2, -0.15) is 0 Å². The van der Waals surface area contributed by atoms with E-state index in [1.807, 2.05) is 6.07 Å². The molecule has 0 amide bonds. The molecule has 0 saturated heterocycles. The highest BCUT2D eigenvalue weighted by Crippen LogP contribution is 2.13. The Bertz CT molecular complexity index is 341. The average Bonchev–Trinajstić information content (AvgIpc) is 2.18. The maximum Gasteiger partial charge on any atom is 0.0231 e. The molecule has 0 aromatic heterocycles. The summed E-state index contributed by atoms with van der Waals surface area (Å²) in [6.45, 7) is 2.03. The zero-order chi connectivity index (χ0) is 11.1. The molecule has 0 aliphatic rings. The molecule has 15 heavy (non-hydrogen) atoms. The van der Waals surface area contributed by atoms with Gasteiger partial charge >= 0.3 is 0 Å². The van der Waals surface area contributed by atoms with E-state index >= 15 is 0 Å². The molecule has 1 rings (SSSR count). The third-order valence-corrected chi connectivity index (χ3v) is 2.70. The second-order valence-corrected chi connectivity index (χ2v) is 4.59. The summed E-state index contributed by atoms with van der Waals surface area (Å²) in [6, 6.07) is 8.40. The van der Waals surface area contributed by atoms with E-state index in [4.69, 9.17) is 6.42 Å². The molecule has 0 aliphatic heterocycles. The topological polar surface area (TPSA) is 3.24 Å². The van der Waals surface area contributed by atoms with Gasteiger partial charge in [-0.1, -0.05) is 28.1 Å². The number of rotatable bonds is 5. The molecule has 0 spiro atoms. The number of terminal acetylenes is 1. The molecular formula is C13H16BrN. The second-order valence-electron chi connectivity index (χ2n) is 3.68. The van der Waals surface area contributed by atoms with Gasteiger partial charge in [0.2, 0.25) is 0 Å². The minimum Gasteiger partial charge on any atom is -0.302 e. The molecule has 0 saturated carbocycles. The van der Waals surface area contributed by atoms with Gasteiger partial charge in [0.1, 0.15) is 0 Å². The normalized spacial score (nSPS) is 10.3. The first-order chi connectivity index (χ1) is 7.22. The van der Waals surface area contributed by atoms with E-state index in [0.29, 0.717) is 0 Å². The fraction of sp³-hybridized carbons (Fsp3) is 0.385. The summed E-state index contributed by atoms with van der Waals surface area (Å²) in [4.78, 5) is 2.29. The van der Waals surface area contributed by atoms with Crippen LogP contribution in [0.15, 0.2) is 28.7 Å². The van der Waals surface area contributed by atoms with Crippen molar-refractivity contribution >= 4 is 15.9 Å². The first-order valence-electron chi connectivity index (χ1n) is 5.09. The van der Waals surface area contributed by atoms with Crippen LogP contribution in [0.2, 0.25) is 0 Å². The molecule has 80 valence electrons. The lowest BCUT2D eigenvalue weighted by Gasteiger charge is -2.15.